The first-order valence-electron chi connectivity index (χ1n) is 6.60. The van der Waals surface area contributed by atoms with Gasteiger partial charge in [-0.1, -0.05) is 64.0 Å². The Morgan fingerprint density at radius 1 is 0.778 bits per heavy atom. The van der Waals surface area contributed by atoms with Gasteiger partial charge in [0.05, 0.1) is 0 Å². The summed E-state index contributed by atoms with van der Waals surface area (Å²) in [4.78, 5) is 0. The van der Waals surface area contributed by atoms with Crippen molar-refractivity contribution in [1.82, 2.24) is 10.6 Å². The molecule has 106 valence electrons. The van der Waals surface area contributed by atoms with Gasteiger partial charge in [0.25, 0.3) is 0 Å². The molecule has 0 aliphatic carbocycles. The Labute approximate surface area is 130 Å². The van der Waals surface area contributed by atoms with Crippen LogP contribution in [0, 0.1) is 0 Å². The molecule has 0 spiro atoms. The van der Waals surface area contributed by atoms with Crippen molar-refractivity contribution in [3.8, 4) is 0 Å². The minimum Gasteiger partial charge on any atom is -0.370 e. The van der Waals surface area contributed by atoms with Crippen molar-refractivity contribution in [3.63, 3.8) is 0 Å². The van der Waals surface area contributed by atoms with Crippen LogP contribution < -0.4 is 10.6 Å². The molecule has 18 heavy (non-hydrogen) atoms. The highest BCUT2D eigenvalue weighted by Crippen LogP contribution is 2.22. The zero-order chi connectivity index (χ0) is 13.6. The molecule has 0 aliphatic heterocycles. The number of hydrogen-bond donors (Lipinski definition) is 2. The number of thiocarbonyl (C=S) groups is 2. The summed E-state index contributed by atoms with van der Waals surface area (Å²) in [5, 5.41) is 6.47. The van der Waals surface area contributed by atoms with Gasteiger partial charge >= 0.3 is 0 Å². The van der Waals surface area contributed by atoms with Crippen LogP contribution in [-0.4, -0.2) is 21.7 Å². The summed E-state index contributed by atoms with van der Waals surface area (Å²) in [6.45, 7) is 6.34. The summed E-state index contributed by atoms with van der Waals surface area (Å²) in [6, 6.07) is 0. The van der Waals surface area contributed by atoms with Crippen molar-refractivity contribution in [1.29, 1.82) is 0 Å². The van der Waals surface area contributed by atoms with E-state index in [9.17, 15) is 0 Å². The minimum absolute atomic E-state index is 0.828. The van der Waals surface area contributed by atoms with Gasteiger partial charge < -0.3 is 10.6 Å². The number of rotatable bonds is 8. The van der Waals surface area contributed by atoms with Gasteiger partial charge in [-0.3, -0.25) is 0 Å². The lowest BCUT2D eigenvalue weighted by Crippen LogP contribution is -2.21. The van der Waals surface area contributed by atoms with E-state index >= 15 is 0 Å². The molecule has 2 N–H and O–H groups in total. The summed E-state index contributed by atoms with van der Waals surface area (Å²) in [5.41, 5.74) is 0. The van der Waals surface area contributed by atoms with Gasteiger partial charge in [0.1, 0.15) is 8.64 Å². The maximum Gasteiger partial charge on any atom is 0.144 e. The summed E-state index contributed by atoms with van der Waals surface area (Å²) in [6.07, 6.45) is 7.35. The Kier molecular flexibility index (Phi) is 14.3. The highest BCUT2D eigenvalue weighted by molar-refractivity contribution is 8.89. The molecule has 0 aliphatic rings. The van der Waals surface area contributed by atoms with E-state index in [0.29, 0.717) is 0 Å². The standard InChI is InChI=1S/C12H24N2S4/c1-3-5-7-9-13-11(15)17-18-12(16)14-10-8-6-4-2/h3-10H2,1-2H3,(H,13,15)(H,14,16). The zero-order valence-electron chi connectivity index (χ0n) is 11.3. The lowest BCUT2D eigenvalue weighted by molar-refractivity contribution is 0.700. The maximum atomic E-state index is 5.22. The van der Waals surface area contributed by atoms with E-state index in [-0.39, 0.29) is 0 Å². The first-order valence-corrected chi connectivity index (χ1v) is 9.57. The van der Waals surface area contributed by atoms with Crippen LogP contribution in [-0.2, 0) is 0 Å². The molecule has 0 aromatic rings. The number of unbranched alkanes of at least 4 members (excludes halogenated alkanes) is 4. The average molecular weight is 325 g/mol. The third-order valence-electron chi connectivity index (χ3n) is 2.29. The first kappa shape index (κ1) is 18.5. The van der Waals surface area contributed by atoms with Gasteiger partial charge in [-0.05, 0) is 34.4 Å². The van der Waals surface area contributed by atoms with Crippen LogP contribution in [0.3, 0.4) is 0 Å². The fourth-order valence-electron chi connectivity index (χ4n) is 1.27. The zero-order valence-corrected chi connectivity index (χ0v) is 14.6. The van der Waals surface area contributed by atoms with Crippen molar-refractivity contribution in [3.05, 3.63) is 0 Å². The molecule has 0 saturated carbocycles. The molecule has 0 aromatic heterocycles. The van der Waals surface area contributed by atoms with Gasteiger partial charge in [-0.2, -0.15) is 0 Å². The van der Waals surface area contributed by atoms with Crippen molar-refractivity contribution < 1.29 is 0 Å². The number of hydrogen-bond acceptors (Lipinski definition) is 4. The molecule has 2 nitrogen and oxygen atoms in total. The fraction of sp³-hybridized carbons (Fsp3) is 0.833. The van der Waals surface area contributed by atoms with Crippen molar-refractivity contribution in [2.24, 2.45) is 0 Å². The molecule has 0 unspecified atom stereocenters. The van der Waals surface area contributed by atoms with E-state index in [1.807, 2.05) is 0 Å². The van der Waals surface area contributed by atoms with Crippen LogP contribution in [0.15, 0.2) is 0 Å². The smallest absolute Gasteiger partial charge is 0.144 e. The normalized spacial score (nSPS) is 10.1. The first-order chi connectivity index (χ1) is 8.70. The molecule has 0 rings (SSSR count). The molecule has 0 aromatic carbocycles. The van der Waals surface area contributed by atoms with Crippen LogP contribution in [0.4, 0.5) is 0 Å². The second-order valence-electron chi connectivity index (χ2n) is 4.01. The van der Waals surface area contributed by atoms with Crippen LogP contribution in [0.5, 0.6) is 0 Å². The van der Waals surface area contributed by atoms with E-state index in [0.717, 1.165) is 21.7 Å². The van der Waals surface area contributed by atoms with Gasteiger partial charge in [0.2, 0.25) is 0 Å². The molecule has 0 saturated heterocycles. The van der Waals surface area contributed by atoms with E-state index in [1.54, 1.807) is 0 Å². The Balaban J connectivity index is 3.39. The Bertz CT molecular complexity index is 210. The van der Waals surface area contributed by atoms with Crippen molar-refractivity contribution >= 4 is 54.7 Å². The van der Waals surface area contributed by atoms with Crippen LogP contribution >= 0.6 is 46.0 Å². The Morgan fingerprint density at radius 2 is 1.17 bits per heavy atom. The highest BCUT2D eigenvalue weighted by atomic mass is 33.1. The lowest BCUT2D eigenvalue weighted by atomic mass is 10.2. The SMILES string of the molecule is CCCCCNC(=S)SSC(=S)NCCCCC. The lowest BCUT2D eigenvalue weighted by Gasteiger charge is -2.08. The molecule has 0 fully saturated rings. The second kappa shape index (κ2) is 13.9. The molecule has 6 heteroatoms. The van der Waals surface area contributed by atoms with Gasteiger partial charge in [-0.15, -0.1) is 0 Å². The maximum absolute atomic E-state index is 5.22. The third-order valence-corrected chi connectivity index (χ3v) is 5.64. The Hall–Kier alpha value is 0.480. The molecular formula is C12H24N2S4. The van der Waals surface area contributed by atoms with E-state index in [2.05, 4.69) is 24.5 Å². The molecular weight excluding hydrogens is 300 g/mol. The van der Waals surface area contributed by atoms with Crippen LogP contribution in [0.1, 0.15) is 52.4 Å². The van der Waals surface area contributed by atoms with Crippen LogP contribution in [0.2, 0.25) is 0 Å². The van der Waals surface area contributed by atoms with Crippen molar-refractivity contribution in [2.75, 3.05) is 13.1 Å². The monoisotopic (exact) mass is 324 g/mol. The topological polar surface area (TPSA) is 24.1 Å². The molecule has 0 radical (unpaired) electrons. The van der Waals surface area contributed by atoms with E-state index < -0.39 is 0 Å². The molecule has 0 atom stereocenters. The number of nitrogens with one attached hydrogen (secondary N) is 2. The summed E-state index contributed by atoms with van der Waals surface area (Å²) < 4.78 is 1.66. The molecule has 0 heterocycles. The quantitative estimate of drug-likeness (QED) is 0.387. The van der Waals surface area contributed by atoms with Gasteiger partial charge in [0.15, 0.2) is 0 Å². The summed E-state index contributed by atoms with van der Waals surface area (Å²) in [7, 11) is 3.08. The average Bonchev–Trinajstić information content (AvgIpc) is 2.37. The minimum atomic E-state index is 0.828. The Morgan fingerprint density at radius 3 is 1.50 bits per heavy atom. The predicted octanol–water partition coefficient (Wildman–Crippen LogP) is 4.50. The van der Waals surface area contributed by atoms with E-state index in [4.69, 9.17) is 24.4 Å². The summed E-state index contributed by atoms with van der Waals surface area (Å²) in [5.74, 6) is 0. The fourth-order valence-corrected chi connectivity index (χ4v) is 3.36. The van der Waals surface area contributed by atoms with Gasteiger partial charge in [0, 0.05) is 13.1 Å². The van der Waals surface area contributed by atoms with E-state index in [1.165, 1.54) is 60.1 Å². The molecule has 0 amide bonds. The second-order valence-corrected chi connectivity index (χ2v) is 7.49. The van der Waals surface area contributed by atoms with Crippen molar-refractivity contribution in [2.45, 2.75) is 52.4 Å². The molecule has 0 bridgehead atoms. The highest BCUT2D eigenvalue weighted by Gasteiger charge is 2.01. The predicted molar refractivity (Wildman–Crippen MR) is 95.4 cm³/mol. The largest absolute Gasteiger partial charge is 0.370 e. The third kappa shape index (κ3) is 12.9. The van der Waals surface area contributed by atoms with Crippen LogP contribution in [0.25, 0.3) is 0 Å². The van der Waals surface area contributed by atoms with Gasteiger partial charge in [-0.25, -0.2) is 0 Å². The summed E-state index contributed by atoms with van der Waals surface area (Å²) >= 11 is 10.4.